The fourth-order valence-corrected chi connectivity index (χ4v) is 3.55. The van der Waals surface area contributed by atoms with Crippen LogP contribution in [-0.4, -0.2) is 25.7 Å². The van der Waals surface area contributed by atoms with Crippen molar-refractivity contribution in [1.82, 2.24) is 25.1 Å². The van der Waals surface area contributed by atoms with Crippen LogP contribution in [0.3, 0.4) is 0 Å². The maximum atomic E-state index is 12.8. The Bertz CT molecular complexity index is 1210. The van der Waals surface area contributed by atoms with Gasteiger partial charge in [0.25, 0.3) is 11.4 Å². The summed E-state index contributed by atoms with van der Waals surface area (Å²) in [5, 5.41) is 7.15. The van der Waals surface area contributed by atoms with Crippen LogP contribution in [0.1, 0.15) is 53.1 Å². The molecule has 0 radical (unpaired) electrons. The molecule has 32 heavy (non-hydrogen) atoms. The van der Waals surface area contributed by atoms with Crippen LogP contribution in [-0.2, 0) is 11.7 Å². The van der Waals surface area contributed by atoms with Crippen molar-refractivity contribution in [2.45, 2.75) is 37.5 Å². The van der Waals surface area contributed by atoms with E-state index in [1.165, 1.54) is 23.1 Å². The topological polar surface area (TPSA) is 77.1 Å². The molecule has 0 unspecified atom stereocenters. The molecule has 1 amide bonds. The van der Waals surface area contributed by atoms with E-state index in [0.717, 1.165) is 18.9 Å². The lowest BCUT2D eigenvalue weighted by molar-refractivity contribution is -0.137. The molecule has 2 heterocycles. The van der Waals surface area contributed by atoms with Gasteiger partial charge in [-0.05, 0) is 37.3 Å². The van der Waals surface area contributed by atoms with E-state index in [4.69, 9.17) is 18.2 Å². The van der Waals surface area contributed by atoms with Gasteiger partial charge in [0.05, 0.1) is 11.6 Å². The molecule has 1 aliphatic rings. The summed E-state index contributed by atoms with van der Waals surface area (Å²) in [5.74, 6) is -0.0194. The van der Waals surface area contributed by atoms with Crippen LogP contribution in [0.2, 0.25) is 5.02 Å². The summed E-state index contributed by atoms with van der Waals surface area (Å²) >= 11 is 6.17. The second kappa shape index (κ2) is 7.91. The van der Waals surface area contributed by atoms with Crippen LogP contribution < -0.4 is 5.32 Å². The standard InChI is InChI=1S/C21H16ClF3N6O/c1-12(18-28-11-29-31(18)17-4-3-14(10-27-17)21(23,24)25)30-19(32)13-7-15(9-16(22)8-13)20(26-2)5-6-20/h3-4,7-12H,5-6H2,1H3,(H,30,32)/t12-/m1/s1. The number of benzene rings is 1. The molecule has 1 N–H and O–H groups in total. The van der Waals surface area contributed by atoms with Crippen LogP contribution in [0.4, 0.5) is 13.2 Å². The van der Waals surface area contributed by atoms with Crippen molar-refractivity contribution in [3.63, 3.8) is 0 Å². The number of pyridine rings is 1. The summed E-state index contributed by atoms with van der Waals surface area (Å²) in [5.41, 5.74) is -0.489. The minimum absolute atomic E-state index is 0.129. The van der Waals surface area contributed by atoms with E-state index in [0.29, 0.717) is 22.3 Å². The maximum Gasteiger partial charge on any atom is 0.417 e. The zero-order chi connectivity index (χ0) is 23.1. The molecule has 0 saturated heterocycles. The first-order valence-electron chi connectivity index (χ1n) is 9.57. The molecule has 4 rings (SSSR count). The monoisotopic (exact) mass is 460 g/mol. The summed E-state index contributed by atoms with van der Waals surface area (Å²) in [4.78, 5) is 24.5. The van der Waals surface area contributed by atoms with Gasteiger partial charge in [0.1, 0.15) is 6.33 Å². The summed E-state index contributed by atoms with van der Waals surface area (Å²) in [6.07, 6.45) is -1.13. The van der Waals surface area contributed by atoms with Gasteiger partial charge in [0, 0.05) is 35.2 Å². The zero-order valence-corrected chi connectivity index (χ0v) is 17.4. The number of nitrogens with one attached hydrogen (secondary N) is 1. The summed E-state index contributed by atoms with van der Waals surface area (Å²) in [6.45, 7) is 9.07. The van der Waals surface area contributed by atoms with E-state index in [1.54, 1.807) is 19.1 Å². The van der Waals surface area contributed by atoms with Crippen molar-refractivity contribution >= 4 is 17.5 Å². The molecular formula is C21H16ClF3N6O. The van der Waals surface area contributed by atoms with Crippen LogP contribution in [0.15, 0.2) is 42.9 Å². The predicted octanol–water partition coefficient (Wildman–Crippen LogP) is 4.73. The summed E-state index contributed by atoms with van der Waals surface area (Å²) in [6, 6.07) is 6.29. The van der Waals surface area contributed by atoms with Crippen LogP contribution in [0, 0.1) is 6.57 Å². The lowest BCUT2D eigenvalue weighted by atomic mass is 10.0. The molecule has 11 heteroatoms. The normalized spacial score (nSPS) is 15.6. The third kappa shape index (κ3) is 4.16. The number of halogens is 4. The van der Waals surface area contributed by atoms with Crippen molar-refractivity contribution in [3.05, 3.63) is 81.8 Å². The second-order valence-electron chi connectivity index (χ2n) is 7.50. The number of rotatable bonds is 5. The molecule has 0 aliphatic heterocycles. The van der Waals surface area contributed by atoms with E-state index in [9.17, 15) is 18.0 Å². The molecule has 2 aromatic heterocycles. The van der Waals surface area contributed by atoms with Gasteiger partial charge in [-0.15, -0.1) is 0 Å². The second-order valence-corrected chi connectivity index (χ2v) is 7.94. The van der Waals surface area contributed by atoms with E-state index in [-0.39, 0.29) is 11.6 Å². The number of alkyl halides is 3. The third-order valence-electron chi connectivity index (χ3n) is 5.24. The summed E-state index contributed by atoms with van der Waals surface area (Å²) < 4.78 is 39.6. The van der Waals surface area contributed by atoms with Crippen molar-refractivity contribution < 1.29 is 18.0 Å². The SMILES string of the molecule is [C-]#[N+]C1(c2cc(Cl)cc(C(=O)N[C@H](C)c3ncnn3-c3ccc(C(F)(F)F)cn3)c2)CC1. The molecule has 1 saturated carbocycles. The van der Waals surface area contributed by atoms with Crippen molar-refractivity contribution in [2.75, 3.05) is 0 Å². The van der Waals surface area contributed by atoms with Gasteiger partial charge in [-0.1, -0.05) is 11.6 Å². The Morgan fingerprint density at radius 2 is 2.03 bits per heavy atom. The van der Waals surface area contributed by atoms with Gasteiger partial charge in [-0.2, -0.15) is 23.0 Å². The van der Waals surface area contributed by atoms with Crippen molar-refractivity contribution in [3.8, 4) is 5.82 Å². The number of aromatic nitrogens is 4. The smallest absolute Gasteiger partial charge is 0.342 e. The lowest BCUT2D eigenvalue weighted by Gasteiger charge is -2.15. The number of nitrogens with zero attached hydrogens (tertiary/aromatic N) is 5. The van der Waals surface area contributed by atoms with Gasteiger partial charge in [-0.3, -0.25) is 4.79 Å². The predicted molar refractivity (Wildman–Crippen MR) is 109 cm³/mol. The fraction of sp³-hybridized carbons (Fsp3) is 0.286. The first-order chi connectivity index (χ1) is 15.1. The van der Waals surface area contributed by atoms with E-state index in [2.05, 4.69) is 25.2 Å². The number of amides is 1. The first-order valence-corrected chi connectivity index (χ1v) is 9.95. The van der Waals surface area contributed by atoms with Crippen LogP contribution in [0.25, 0.3) is 10.7 Å². The Morgan fingerprint density at radius 3 is 2.62 bits per heavy atom. The molecule has 7 nitrogen and oxygen atoms in total. The third-order valence-corrected chi connectivity index (χ3v) is 5.45. The maximum absolute atomic E-state index is 12.8. The number of carbonyl (C=O) groups is 1. The Morgan fingerprint density at radius 1 is 1.28 bits per heavy atom. The van der Waals surface area contributed by atoms with E-state index in [1.807, 2.05) is 0 Å². The Hall–Kier alpha value is -3.45. The highest BCUT2D eigenvalue weighted by Gasteiger charge is 2.52. The Labute approximate surface area is 186 Å². The number of hydrogen-bond acceptors (Lipinski definition) is 4. The highest BCUT2D eigenvalue weighted by Crippen LogP contribution is 2.50. The Balaban J connectivity index is 1.55. The molecule has 1 atom stereocenters. The van der Waals surface area contributed by atoms with Crippen molar-refractivity contribution in [2.24, 2.45) is 0 Å². The molecule has 0 spiro atoms. The van der Waals surface area contributed by atoms with E-state index < -0.39 is 29.2 Å². The molecule has 0 bridgehead atoms. The number of carbonyl (C=O) groups excluding carboxylic acids is 1. The van der Waals surface area contributed by atoms with Gasteiger partial charge in [0.15, 0.2) is 11.6 Å². The molecular weight excluding hydrogens is 445 g/mol. The van der Waals surface area contributed by atoms with Crippen molar-refractivity contribution in [1.29, 1.82) is 0 Å². The molecule has 164 valence electrons. The molecule has 1 aliphatic carbocycles. The molecule has 1 fully saturated rings. The summed E-state index contributed by atoms with van der Waals surface area (Å²) in [7, 11) is 0. The zero-order valence-electron chi connectivity index (χ0n) is 16.7. The van der Waals surface area contributed by atoms with Crippen LogP contribution in [0.5, 0.6) is 0 Å². The molecule has 1 aromatic carbocycles. The number of hydrogen-bond donors (Lipinski definition) is 1. The first kappa shape index (κ1) is 21.8. The minimum Gasteiger partial charge on any atom is -0.342 e. The Kier molecular flexibility index (Phi) is 5.38. The highest BCUT2D eigenvalue weighted by atomic mass is 35.5. The fourth-order valence-electron chi connectivity index (χ4n) is 3.32. The average Bonchev–Trinajstić information content (AvgIpc) is 3.40. The lowest BCUT2D eigenvalue weighted by Crippen LogP contribution is -2.29. The largest absolute Gasteiger partial charge is 0.417 e. The van der Waals surface area contributed by atoms with Crippen LogP contribution >= 0.6 is 11.6 Å². The highest BCUT2D eigenvalue weighted by molar-refractivity contribution is 6.31. The van der Waals surface area contributed by atoms with Gasteiger partial charge >= 0.3 is 6.18 Å². The van der Waals surface area contributed by atoms with Gasteiger partial charge in [-0.25, -0.2) is 16.5 Å². The average molecular weight is 461 g/mol. The van der Waals surface area contributed by atoms with Gasteiger partial charge in [0.2, 0.25) is 0 Å². The minimum atomic E-state index is -4.50. The molecule has 3 aromatic rings. The quantitative estimate of drug-likeness (QED) is 0.558. The van der Waals surface area contributed by atoms with E-state index >= 15 is 0 Å². The van der Waals surface area contributed by atoms with Gasteiger partial charge < -0.3 is 10.2 Å².